The molecular weight excluding hydrogens is 204 g/mol. The van der Waals surface area contributed by atoms with Gasteiger partial charge in [-0.1, -0.05) is 0 Å². The van der Waals surface area contributed by atoms with Gasteiger partial charge in [0.1, 0.15) is 0 Å². The Hall–Kier alpha value is -0.610. The van der Waals surface area contributed by atoms with Crippen molar-refractivity contribution in [3.63, 3.8) is 0 Å². The zero-order valence-electron chi connectivity index (χ0n) is 10.2. The topological polar surface area (TPSA) is 43.8 Å². The van der Waals surface area contributed by atoms with E-state index in [0.29, 0.717) is 18.5 Å². The number of hydrogen-bond acceptors (Lipinski definition) is 3. The summed E-state index contributed by atoms with van der Waals surface area (Å²) in [7, 11) is 2.12. The minimum atomic E-state index is -0.676. The monoisotopic (exact) mass is 226 g/mol. The van der Waals surface area contributed by atoms with Crippen LogP contribution in [0.4, 0.5) is 0 Å². The van der Waals surface area contributed by atoms with E-state index in [1.54, 1.807) is 0 Å². The lowest BCUT2D eigenvalue weighted by molar-refractivity contribution is -0.137. The predicted molar refractivity (Wildman–Crippen MR) is 62.5 cm³/mol. The molecule has 16 heavy (non-hydrogen) atoms. The van der Waals surface area contributed by atoms with E-state index in [1.165, 1.54) is 12.8 Å². The van der Waals surface area contributed by atoms with Gasteiger partial charge in [-0.25, -0.2) is 0 Å². The summed E-state index contributed by atoms with van der Waals surface area (Å²) in [6, 6.07) is 1.84. The Kier molecular flexibility index (Phi) is 3.50. The molecule has 4 heteroatoms. The smallest absolute Gasteiger partial charge is 0.303 e. The highest BCUT2D eigenvalue weighted by atomic mass is 16.4. The minimum Gasteiger partial charge on any atom is -0.481 e. The van der Waals surface area contributed by atoms with E-state index in [-0.39, 0.29) is 0 Å². The normalized spacial score (nSPS) is 32.9. The summed E-state index contributed by atoms with van der Waals surface area (Å²) >= 11 is 0. The van der Waals surface area contributed by atoms with Gasteiger partial charge in [0.15, 0.2) is 0 Å². The van der Waals surface area contributed by atoms with E-state index in [4.69, 9.17) is 5.11 Å². The fourth-order valence-corrected chi connectivity index (χ4v) is 2.75. The van der Waals surface area contributed by atoms with Crippen LogP contribution in [0.15, 0.2) is 0 Å². The molecule has 2 aliphatic rings. The zero-order valence-corrected chi connectivity index (χ0v) is 10.2. The molecule has 0 spiro atoms. The third-order valence-corrected chi connectivity index (χ3v) is 3.87. The summed E-state index contributed by atoms with van der Waals surface area (Å²) in [5.41, 5.74) is 0. The van der Waals surface area contributed by atoms with Gasteiger partial charge in [-0.05, 0) is 33.2 Å². The zero-order chi connectivity index (χ0) is 11.7. The maximum absolute atomic E-state index is 10.6. The van der Waals surface area contributed by atoms with Crippen molar-refractivity contribution in [2.24, 2.45) is 0 Å². The Morgan fingerprint density at radius 1 is 1.38 bits per heavy atom. The molecule has 0 aromatic heterocycles. The third-order valence-electron chi connectivity index (χ3n) is 3.87. The first-order valence-corrected chi connectivity index (χ1v) is 6.25. The lowest BCUT2D eigenvalue weighted by Crippen LogP contribution is -2.56. The Morgan fingerprint density at radius 2 is 2.06 bits per heavy atom. The van der Waals surface area contributed by atoms with Crippen LogP contribution in [0.1, 0.15) is 32.6 Å². The molecule has 1 aliphatic carbocycles. The minimum absolute atomic E-state index is 0.294. The Balaban J connectivity index is 1.88. The van der Waals surface area contributed by atoms with Gasteiger partial charge >= 0.3 is 5.97 Å². The molecule has 0 bridgehead atoms. The molecule has 0 amide bonds. The van der Waals surface area contributed by atoms with Gasteiger partial charge in [0.2, 0.25) is 0 Å². The van der Waals surface area contributed by atoms with Crippen molar-refractivity contribution in [2.45, 2.75) is 50.7 Å². The molecule has 0 aromatic carbocycles. The van der Waals surface area contributed by atoms with Gasteiger partial charge in [-0.3, -0.25) is 9.69 Å². The van der Waals surface area contributed by atoms with Crippen LogP contribution in [0.3, 0.4) is 0 Å². The van der Waals surface area contributed by atoms with Gasteiger partial charge < -0.3 is 10.0 Å². The molecule has 1 aliphatic heterocycles. The highest BCUT2D eigenvalue weighted by Gasteiger charge is 2.38. The summed E-state index contributed by atoms with van der Waals surface area (Å²) < 4.78 is 0. The number of carboxylic acids is 1. The second-order valence-electron chi connectivity index (χ2n) is 5.30. The lowest BCUT2D eigenvalue weighted by Gasteiger charge is -2.44. The van der Waals surface area contributed by atoms with E-state index in [9.17, 15) is 4.79 Å². The van der Waals surface area contributed by atoms with Crippen LogP contribution in [0.25, 0.3) is 0 Å². The van der Waals surface area contributed by atoms with Crippen LogP contribution in [0.5, 0.6) is 0 Å². The second kappa shape index (κ2) is 4.72. The van der Waals surface area contributed by atoms with Crippen LogP contribution >= 0.6 is 0 Å². The fourth-order valence-electron chi connectivity index (χ4n) is 2.75. The van der Waals surface area contributed by atoms with Gasteiger partial charge in [-0.2, -0.15) is 0 Å². The molecule has 1 N–H and O–H groups in total. The van der Waals surface area contributed by atoms with Crippen LogP contribution in [-0.2, 0) is 4.79 Å². The van der Waals surface area contributed by atoms with E-state index in [2.05, 4.69) is 23.8 Å². The number of carboxylic acid groups (broad SMARTS) is 1. The molecule has 2 unspecified atom stereocenters. The molecule has 0 radical (unpaired) electrons. The number of rotatable bonds is 4. The van der Waals surface area contributed by atoms with Gasteiger partial charge in [0.25, 0.3) is 0 Å². The molecule has 1 saturated heterocycles. The summed E-state index contributed by atoms with van der Waals surface area (Å²) in [4.78, 5) is 15.5. The molecule has 2 fully saturated rings. The summed E-state index contributed by atoms with van der Waals surface area (Å²) in [6.45, 7) is 4.40. The number of nitrogens with zero attached hydrogens (tertiary/aromatic N) is 2. The maximum atomic E-state index is 10.6. The Labute approximate surface area is 97.2 Å². The van der Waals surface area contributed by atoms with Crippen molar-refractivity contribution in [1.82, 2.24) is 9.80 Å². The van der Waals surface area contributed by atoms with E-state index < -0.39 is 5.97 Å². The molecule has 0 aromatic rings. The van der Waals surface area contributed by atoms with Crippen molar-refractivity contribution < 1.29 is 9.90 Å². The fraction of sp³-hybridized carbons (Fsp3) is 0.917. The predicted octanol–water partition coefficient (Wildman–Crippen LogP) is 1.02. The average Bonchev–Trinajstić information content (AvgIpc) is 2.99. The van der Waals surface area contributed by atoms with Crippen molar-refractivity contribution >= 4 is 5.97 Å². The standard InChI is InChI=1S/C12H22N2O2/c1-9-7-13(2)11(5-6-12(15)16)8-14(9)10-3-4-10/h9-11H,3-8H2,1-2H3,(H,15,16). The number of piperazine rings is 1. The number of hydrogen-bond donors (Lipinski definition) is 1. The molecule has 4 nitrogen and oxygen atoms in total. The largest absolute Gasteiger partial charge is 0.481 e. The molecule has 2 atom stereocenters. The molecular formula is C12H22N2O2. The first-order chi connectivity index (χ1) is 7.58. The van der Waals surface area contributed by atoms with Crippen molar-refractivity contribution in [3.05, 3.63) is 0 Å². The first-order valence-electron chi connectivity index (χ1n) is 6.25. The SMILES string of the molecule is CC1CN(C)C(CCC(=O)O)CN1C1CC1. The highest BCUT2D eigenvalue weighted by Crippen LogP contribution is 2.31. The Morgan fingerprint density at radius 3 is 2.62 bits per heavy atom. The molecule has 2 rings (SSSR count). The van der Waals surface area contributed by atoms with Crippen molar-refractivity contribution in [2.75, 3.05) is 20.1 Å². The second-order valence-corrected chi connectivity index (χ2v) is 5.30. The summed E-state index contributed by atoms with van der Waals surface area (Å²) in [5, 5.41) is 8.74. The maximum Gasteiger partial charge on any atom is 0.303 e. The van der Waals surface area contributed by atoms with Crippen LogP contribution in [0, 0.1) is 0 Å². The van der Waals surface area contributed by atoms with E-state index in [0.717, 1.165) is 25.6 Å². The van der Waals surface area contributed by atoms with Crippen LogP contribution in [-0.4, -0.2) is 59.1 Å². The quantitative estimate of drug-likeness (QED) is 0.777. The van der Waals surface area contributed by atoms with E-state index >= 15 is 0 Å². The lowest BCUT2D eigenvalue weighted by atomic mass is 10.0. The molecule has 1 saturated carbocycles. The van der Waals surface area contributed by atoms with Gasteiger partial charge in [0.05, 0.1) is 0 Å². The number of aliphatic carboxylic acids is 1. The summed E-state index contributed by atoms with van der Waals surface area (Å²) in [6.07, 6.45) is 3.74. The Bertz CT molecular complexity index is 266. The third kappa shape index (κ3) is 2.74. The highest BCUT2D eigenvalue weighted by molar-refractivity contribution is 5.66. The van der Waals surface area contributed by atoms with E-state index in [1.807, 2.05) is 0 Å². The summed E-state index contributed by atoms with van der Waals surface area (Å²) in [5.74, 6) is -0.676. The number of carbonyl (C=O) groups is 1. The first kappa shape index (κ1) is 11.9. The van der Waals surface area contributed by atoms with Gasteiger partial charge in [-0.15, -0.1) is 0 Å². The number of likely N-dealkylation sites (N-methyl/N-ethyl adjacent to an activating group) is 1. The van der Waals surface area contributed by atoms with Crippen molar-refractivity contribution in [1.29, 1.82) is 0 Å². The molecule has 1 heterocycles. The van der Waals surface area contributed by atoms with Crippen LogP contribution in [0.2, 0.25) is 0 Å². The average molecular weight is 226 g/mol. The van der Waals surface area contributed by atoms with Crippen LogP contribution < -0.4 is 0 Å². The molecule has 92 valence electrons. The van der Waals surface area contributed by atoms with Crippen molar-refractivity contribution in [3.8, 4) is 0 Å². The van der Waals surface area contributed by atoms with Gasteiger partial charge in [0, 0.05) is 37.6 Å².